The first-order chi connectivity index (χ1) is 9.65. The topological polar surface area (TPSA) is 40.5 Å². The highest BCUT2D eigenvalue weighted by molar-refractivity contribution is 7.20. The van der Waals surface area contributed by atoms with Crippen molar-refractivity contribution in [1.29, 1.82) is 0 Å². The maximum Gasteiger partial charge on any atom is 0.264 e. The van der Waals surface area contributed by atoms with E-state index in [2.05, 4.69) is 0 Å². The summed E-state index contributed by atoms with van der Waals surface area (Å²) in [5.41, 5.74) is 0. The zero-order valence-corrected chi connectivity index (χ0v) is 12.4. The van der Waals surface area contributed by atoms with Gasteiger partial charge in [-0.05, 0) is 43.7 Å². The Kier molecular flexibility index (Phi) is 3.76. The molecule has 1 aromatic heterocycles. The number of aliphatic hydroxyl groups is 1. The lowest BCUT2D eigenvalue weighted by atomic mass is 10.1. The summed E-state index contributed by atoms with van der Waals surface area (Å²) in [6.45, 7) is 2.60. The van der Waals surface area contributed by atoms with Crippen molar-refractivity contribution in [2.45, 2.75) is 38.3 Å². The van der Waals surface area contributed by atoms with Gasteiger partial charge in [0.05, 0.1) is 11.0 Å². The summed E-state index contributed by atoms with van der Waals surface area (Å²) in [5.74, 6) is 0.120. The Morgan fingerprint density at radius 3 is 3.05 bits per heavy atom. The molecule has 3 nitrogen and oxygen atoms in total. The third-order valence-corrected chi connectivity index (χ3v) is 4.99. The Hall–Kier alpha value is -1.39. The summed E-state index contributed by atoms with van der Waals surface area (Å²) < 4.78 is 1.15. The number of hydrogen-bond acceptors (Lipinski definition) is 3. The summed E-state index contributed by atoms with van der Waals surface area (Å²) >= 11 is 1.56. The molecule has 2 unspecified atom stereocenters. The molecular weight excluding hydrogens is 270 g/mol. The van der Waals surface area contributed by atoms with Crippen LogP contribution in [0.2, 0.25) is 0 Å². The van der Waals surface area contributed by atoms with Gasteiger partial charge in [-0.25, -0.2) is 0 Å². The van der Waals surface area contributed by atoms with Crippen LogP contribution in [-0.2, 0) is 0 Å². The highest BCUT2D eigenvalue weighted by Gasteiger charge is 2.30. The molecule has 0 radical (unpaired) electrons. The van der Waals surface area contributed by atoms with E-state index in [1.807, 2.05) is 35.2 Å². The molecule has 2 atom stereocenters. The van der Waals surface area contributed by atoms with Crippen molar-refractivity contribution < 1.29 is 9.90 Å². The minimum Gasteiger partial charge on any atom is -0.393 e. The van der Waals surface area contributed by atoms with Crippen LogP contribution in [0.5, 0.6) is 0 Å². The van der Waals surface area contributed by atoms with Crippen LogP contribution in [0.1, 0.15) is 35.9 Å². The first-order valence-electron chi connectivity index (χ1n) is 7.13. The molecule has 3 rings (SSSR count). The van der Waals surface area contributed by atoms with Crippen LogP contribution in [0, 0.1) is 0 Å². The Balaban J connectivity index is 1.84. The number of amides is 1. The summed E-state index contributed by atoms with van der Waals surface area (Å²) in [7, 11) is 0. The average molecular weight is 289 g/mol. The molecule has 1 amide bonds. The molecule has 2 aromatic rings. The maximum absolute atomic E-state index is 12.7. The molecule has 0 aliphatic carbocycles. The highest BCUT2D eigenvalue weighted by Crippen LogP contribution is 2.29. The molecule has 0 spiro atoms. The number of hydrogen-bond donors (Lipinski definition) is 1. The van der Waals surface area contributed by atoms with Crippen LogP contribution < -0.4 is 0 Å². The number of nitrogens with zero attached hydrogens (tertiary/aromatic N) is 1. The zero-order chi connectivity index (χ0) is 14.1. The Bertz CT molecular complexity index is 587. The fourth-order valence-corrected chi connectivity index (χ4v) is 3.99. The van der Waals surface area contributed by atoms with Gasteiger partial charge < -0.3 is 10.0 Å². The minimum atomic E-state index is -0.351. The van der Waals surface area contributed by atoms with E-state index in [-0.39, 0.29) is 18.1 Å². The third-order valence-electron chi connectivity index (χ3n) is 3.89. The predicted octanol–water partition coefficient (Wildman–Crippen LogP) is 3.28. The standard InChI is InChI=1S/C16H19NO2S/c1-11(18)9-13-6-4-8-17(13)16(19)15-10-12-5-2-3-7-14(12)20-15/h2-3,5,7,10-11,13,18H,4,6,8-9H2,1H3. The van der Waals surface area contributed by atoms with Crippen molar-refractivity contribution in [1.82, 2.24) is 4.90 Å². The number of aliphatic hydroxyl groups excluding tert-OH is 1. The highest BCUT2D eigenvalue weighted by atomic mass is 32.1. The van der Waals surface area contributed by atoms with Crippen molar-refractivity contribution in [3.05, 3.63) is 35.2 Å². The molecule has 20 heavy (non-hydrogen) atoms. The first kappa shape index (κ1) is 13.6. The second-order valence-corrected chi connectivity index (χ2v) is 6.61. The van der Waals surface area contributed by atoms with Crippen LogP contribution in [0.3, 0.4) is 0 Å². The van der Waals surface area contributed by atoms with E-state index in [1.165, 1.54) is 0 Å². The lowest BCUT2D eigenvalue weighted by molar-refractivity contribution is 0.0687. The largest absolute Gasteiger partial charge is 0.393 e. The van der Waals surface area contributed by atoms with Crippen LogP contribution in [0.15, 0.2) is 30.3 Å². The lowest BCUT2D eigenvalue weighted by Gasteiger charge is -2.25. The van der Waals surface area contributed by atoms with Gasteiger partial charge in [-0.15, -0.1) is 11.3 Å². The second kappa shape index (κ2) is 5.54. The van der Waals surface area contributed by atoms with Crippen molar-refractivity contribution in [3.63, 3.8) is 0 Å². The monoisotopic (exact) mass is 289 g/mol. The van der Waals surface area contributed by atoms with E-state index in [1.54, 1.807) is 18.3 Å². The van der Waals surface area contributed by atoms with Crippen molar-refractivity contribution >= 4 is 27.3 Å². The van der Waals surface area contributed by atoms with E-state index < -0.39 is 0 Å². The quantitative estimate of drug-likeness (QED) is 0.942. The molecule has 1 aliphatic rings. The minimum absolute atomic E-state index is 0.120. The smallest absolute Gasteiger partial charge is 0.264 e. The number of likely N-dealkylation sites (tertiary alicyclic amines) is 1. The fourth-order valence-electron chi connectivity index (χ4n) is 2.97. The molecule has 1 aromatic carbocycles. The average Bonchev–Trinajstić information content (AvgIpc) is 3.03. The predicted molar refractivity (Wildman–Crippen MR) is 82.2 cm³/mol. The van der Waals surface area contributed by atoms with Gasteiger partial charge in [0, 0.05) is 17.3 Å². The van der Waals surface area contributed by atoms with E-state index in [9.17, 15) is 9.90 Å². The third kappa shape index (κ3) is 2.58. The number of thiophene rings is 1. The first-order valence-corrected chi connectivity index (χ1v) is 7.94. The van der Waals surface area contributed by atoms with E-state index >= 15 is 0 Å². The van der Waals surface area contributed by atoms with Gasteiger partial charge in [-0.2, -0.15) is 0 Å². The molecular formula is C16H19NO2S. The molecule has 1 aliphatic heterocycles. The number of carbonyl (C=O) groups is 1. The van der Waals surface area contributed by atoms with Gasteiger partial charge in [-0.1, -0.05) is 18.2 Å². The van der Waals surface area contributed by atoms with Gasteiger partial charge in [0.2, 0.25) is 0 Å². The van der Waals surface area contributed by atoms with Gasteiger partial charge in [0.15, 0.2) is 0 Å². The lowest BCUT2D eigenvalue weighted by Crippen LogP contribution is -2.36. The van der Waals surface area contributed by atoms with Gasteiger partial charge in [-0.3, -0.25) is 4.79 Å². The Labute approximate surface area is 122 Å². The number of benzene rings is 1. The number of fused-ring (bicyclic) bond motifs is 1. The maximum atomic E-state index is 12.7. The molecule has 4 heteroatoms. The van der Waals surface area contributed by atoms with Crippen LogP contribution >= 0.6 is 11.3 Å². The normalized spacial score (nSPS) is 20.5. The molecule has 1 N–H and O–H groups in total. The Morgan fingerprint density at radius 2 is 2.30 bits per heavy atom. The fraction of sp³-hybridized carbons (Fsp3) is 0.438. The van der Waals surface area contributed by atoms with Crippen LogP contribution in [-0.4, -0.2) is 34.6 Å². The molecule has 0 bridgehead atoms. The van der Waals surface area contributed by atoms with E-state index in [4.69, 9.17) is 0 Å². The van der Waals surface area contributed by atoms with Crippen LogP contribution in [0.4, 0.5) is 0 Å². The number of rotatable bonds is 3. The molecule has 106 valence electrons. The van der Waals surface area contributed by atoms with Gasteiger partial charge in [0.25, 0.3) is 5.91 Å². The molecule has 1 saturated heterocycles. The second-order valence-electron chi connectivity index (χ2n) is 5.53. The summed E-state index contributed by atoms with van der Waals surface area (Å²) in [6.07, 6.45) is 2.36. The summed E-state index contributed by atoms with van der Waals surface area (Å²) in [4.78, 5) is 15.4. The molecule has 2 heterocycles. The zero-order valence-electron chi connectivity index (χ0n) is 11.6. The molecule has 0 saturated carbocycles. The summed E-state index contributed by atoms with van der Waals surface area (Å²) in [6, 6.07) is 10.3. The van der Waals surface area contributed by atoms with Crippen molar-refractivity contribution in [2.75, 3.05) is 6.54 Å². The van der Waals surface area contributed by atoms with Crippen molar-refractivity contribution in [2.24, 2.45) is 0 Å². The van der Waals surface area contributed by atoms with Crippen molar-refractivity contribution in [3.8, 4) is 0 Å². The van der Waals surface area contributed by atoms with E-state index in [0.717, 1.165) is 34.3 Å². The van der Waals surface area contributed by atoms with Gasteiger partial charge >= 0.3 is 0 Å². The van der Waals surface area contributed by atoms with Gasteiger partial charge in [0.1, 0.15) is 0 Å². The van der Waals surface area contributed by atoms with E-state index in [0.29, 0.717) is 6.42 Å². The Morgan fingerprint density at radius 1 is 1.50 bits per heavy atom. The molecule has 1 fully saturated rings. The number of carbonyl (C=O) groups excluding carboxylic acids is 1. The van der Waals surface area contributed by atoms with Crippen LogP contribution in [0.25, 0.3) is 10.1 Å². The summed E-state index contributed by atoms with van der Waals surface area (Å²) in [5, 5.41) is 10.7. The SMILES string of the molecule is CC(O)CC1CCCN1C(=O)c1cc2ccccc2s1.